The summed E-state index contributed by atoms with van der Waals surface area (Å²) in [5, 5.41) is 10.6. The summed E-state index contributed by atoms with van der Waals surface area (Å²) in [6, 6.07) is 3.63. The van der Waals surface area contributed by atoms with Crippen molar-refractivity contribution in [3.05, 3.63) is 38.9 Å². The van der Waals surface area contributed by atoms with E-state index in [1.165, 1.54) is 23.1 Å². The van der Waals surface area contributed by atoms with Crippen LogP contribution in [0.2, 0.25) is 5.02 Å². The van der Waals surface area contributed by atoms with Gasteiger partial charge in [0.15, 0.2) is 0 Å². The van der Waals surface area contributed by atoms with E-state index in [0.717, 1.165) is 0 Å². The predicted molar refractivity (Wildman–Crippen MR) is 78.6 cm³/mol. The van der Waals surface area contributed by atoms with Crippen LogP contribution in [0, 0.1) is 10.1 Å². The molecule has 20 heavy (non-hydrogen) atoms. The summed E-state index contributed by atoms with van der Waals surface area (Å²) in [6.45, 7) is 1.78. The number of nitrogens with zero attached hydrogens (tertiary/aromatic N) is 2. The van der Waals surface area contributed by atoms with Crippen molar-refractivity contribution in [1.82, 2.24) is 4.90 Å². The predicted octanol–water partition coefficient (Wildman–Crippen LogP) is 2.09. The molecule has 0 fully saturated rings. The van der Waals surface area contributed by atoms with Crippen molar-refractivity contribution in [3.63, 3.8) is 0 Å². The van der Waals surface area contributed by atoms with Crippen LogP contribution >= 0.6 is 11.6 Å². The van der Waals surface area contributed by atoms with Crippen LogP contribution in [0.5, 0.6) is 0 Å². The number of nitro groups is 1. The number of hydrogen-bond donors (Lipinski definition) is 0. The molecule has 0 saturated heterocycles. The maximum absolute atomic E-state index is 12.2. The molecule has 0 saturated carbocycles. The first-order valence-electron chi connectivity index (χ1n) is 5.75. The molecular weight excluding hydrogens is 304 g/mol. The Bertz CT molecular complexity index is 564. The summed E-state index contributed by atoms with van der Waals surface area (Å²) in [6.07, 6.45) is 1.57. The minimum absolute atomic E-state index is 0.0824. The van der Waals surface area contributed by atoms with E-state index in [-0.39, 0.29) is 28.2 Å². The minimum atomic E-state index is -1.01. The maximum atomic E-state index is 12.2. The molecule has 0 N–H and O–H groups in total. The highest BCUT2D eigenvalue weighted by atomic mass is 35.5. The maximum Gasteiger partial charge on any atom is 0.287 e. The Morgan fingerprint density at radius 1 is 1.55 bits per heavy atom. The van der Waals surface area contributed by atoms with Crippen molar-refractivity contribution in [2.45, 2.75) is 13.0 Å². The molecule has 2 unspecified atom stereocenters. The molecule has 110 valence electrons. The molecule has 1 aromatic rings. The Labute approximate surface area is 124 Å². The number of hydrogen-bond acceptors (Lipinski definition) is 4. The highest BCUT2D eigenvalue weighted by Crippen LogP contribution is 2.25. The van der Waals surface area contributed by atoms with Gasteiger partial charge < -0.3 is 4.90 Å². The second-order valence-electron chi connectivity index (χ2n) is 4.43. The van der Waals surface area contributed by atoms with Gasteiger partial charge in [-0.05, 0) is 19.1 Å². The van der Waals surface area contributed by atoms with Crippen LogP contribution in [-0.2, 0) is 10.8 Å². The fourth-order valence-electron chi connectivity index (χ4n) is 1.64. The zero-order valence-electron chi connectivity index (χ0n) is 11.3. The third-order valence-electron chi connectivity index (χ3n) is 2.85. The lowest BCUT2D eigenvalue weighted by Gasteiger charge is -2.24. The average Bonchev–Trinajstić information content (AvgIpc) is 2.35. The highest BCUT2D eigenvalue weighted by molar-refractivity contribution is 7.84. The second-order valence-corrected chi connectivity index (χ2v) is 6.32. The van der Waals surface area contributed by atoms with E-state index in [0.29, 0.717) is 5.75 Å². The van der Waals surface area contributed by atoms with E-state index in [4.69, 9.17) is 11.6 Å². The van der Waals surface area contributed by atoms with Gasteiger partial charge >= 0.3 is 0 Å². The number of benzene rings is 1. The molecule has 1 rings (SSSR count). The van der Waals surface area contributed by atoms with Crippen molar-refractivity contribution in [1.29, 1.82) is 0 Å². The molecule has 0 bridgehead atoms. The fourth-order valence-corrected chi connectivity index (χ4v) is 2.80. The number of carbonyl (C=O) groups excluding carboxylic acids is 1. The molecule has 0 aliphatic carbocycles. The average molecular weight is 319 g/mol. The van der Waals surface area contributed by atoms with Crippen LogP contribution in [-0.4, -0.2) is 45.0 Å². The Morgan fingerprint density at radius 3 is 2.60 bits per heavy atom. The molecule has 1 aromatic carbocycles. The summed E-state index contributed by atoms with van der Waals surface area (Å²) in [5.41, 5.74) is 0.0189. The van der Waals surface area contributed by atoms with Gasteiger partial charge in [-0.25, -0.2) is 0 Å². The van der Waals surface area contributed by atoms with Crippen LogP contribution in [0.1, 0.15) is 17.3 Å². The Balaban J connectivity index is 2.95. The lowest BCUT2D eigenvalue weighted by Crippen LogP contribution is -2.38. The van der Waals surface area contributed by atoms with E-state index in [1.54, 1.807) is 20.2 Å². The van der Waals surface area contributed by atoms with Crippen LogP contribution < -0.4 is 0 Å². The van der Waals surface area contributed by atoms with Gasteiger partial charge in [0.1, 0.15) is 5.02 Å². The number of rotatable bonds is 5. The molecular formula is C12H15ClN2O4S. The number of nitro benzene ring substituents is 1. The SMILES string of the molecule is CC(CS(C)=O)N(C)C(=O)c1ccc([N+](=O)[O-])c(Cl)c1. The van der Waals surface area contributed by atoms with Crippen molar-refractivity contribution >= 4 is 34.0 Å². The first kappa shape index (κ1) is 16.6. The van der Waals surface area contributed by atoms with Gasteiger partial charge in [-0.15, -0.1) is 0 Å². The van der Waals surface area contributed by atoms with Gasteiger partial charge in [0.05, 0.1) is 4.92 Å². The van der Waals surface area contributed by atoms with Gasteiger partial charge in [-0.3, -0.25) is 19.1 Å². The van der Waals surface area contributed by atoms with E-state index < -0.39 is 15.7 Å². The van der Waals surface area contributed by atoms with Gasteiger partial charge in [-0.2, -0.15) is 0 Å². The van der Waals surface area contributed by atoms with Crippen LogP contribution in [0.25, 0.3) is 0 Å². The van der Waals surface area contributed by atoms with Crippen molar-refractivity contribution in [2.24, 2.45) is 0 Å². The molecule has 0 heterocycles. The summed E-state index contributed by atoms with van der Waals surface area (Å²) in [7, 11) is 0.580. The van der Waals surface area contributed by atoms with E-state index >= 15 is 0 Å². The first-order chi connectivity index (χ1) is 9.23. The van der Waals surface area contributed by atoms with Gasteiger partial charge in [0, 0.05) is 47.5 Å². The largest absolute Gasteiger partial charge is 0.338 e. The van der Waals surface area contributed by atoms with Crippen molar-refractivity contribution in [3.8, 4) is 0 Å². The van der Waals surface area contributed by atoms with E-state index in [2.05, 4.69) is 0 Å². The molecule has 0 aliphatic rings. The van der Waals surface area contributed by atoms with Gasteiger partial charge in [0.2, 0.25) is 0 Å². The molecule has 6 nitrogen and oxygen atoms in total. The standard InChI is InChI=1S/C12H15ClN2O4S/c1-8(7-20(3)19)14(2)12(16)9-4-5-11(15(17)18)10(13)6-9/h4-6,8H,7H2,1-3H3. The number of amides is 1. The third-order valence-corrected chi connectivity index (χ3v) is 4.10. The summed E-state index contributed by atoms with van der Waals surface area (Å²) in [4.78, 5) is 23.7. The van der Waals surface area contributed by atoms with E-state index in [9.17, 15) is 19.1 Å². The Kier molecular flexibility index (Phi) is 5.64. The molecule has 2 atom stereocenters. The summed E-state index contributed by atoms with van der Waals surface area (Å²) in [5.74, 6) is 0.0444. The quantitative estimate of drug-likeness (QED) is 0.615. The zero-order valence-corrected chi connectivity index (χ0v) is 12.9. The lowest BCUT2D eigenvalue weighted by atomic mass is 10.1. The second kappa shape index (κ2) is 6.81. The molecule has 8 heteroatoms. The summed E-state index contributed by atoms with van der Waals surface area (Å²) < 4.78 is 11.2. The zero-order chi connectivity index (χ0) is 15.4. The number of carbonyl (C=O) groups is 1. The van der Waals surface area contributed by atoms with Crippen molar-refractivity contribution < 1.29 is 13.9 Å². The Morgan fingerprint density at radius 2 is 2.15 bits per heavy atom. The molecule has 0 radical (unpaired) electrons. The Hall–Kier alpha value is -1.47. The van der Waals surface area contributed by atoms with Crippen LogP contribution in [0.4, 0.5) is 5.69 Å². The van der Waals surface area contributed by atoms with Crippen molar-refractivity contribution in [2.75, 3.05) is 19.1 Å². The lowest BCUT2D eigenvalue weighted by molar-refractivity contribution is -0.384. The molecule has 1 amide bonds. The molecule has 0 aliphatic heterocycles. The van der Waals surface area contributed by atoms with Crippen LogP contribution in [0.15, 0.2) is 18.2 Å². The van der Waals surface area contributed by atoms with Gasteiger partial charge in [-0.1, -0.05) is 11.6 Å². The first-order valence-corrected chi connectivity index (χ1v) is 7.85. The monoisotopic (exact) mass is 318 g/mol. The van der Waals surface area contributed by atoms with Crippen LogP contribution in [0.3, 0.4) is 0 Å². The van der Waals surface area contributed by atoms with E-state index in [1.807, 2.05) is 0 Å². The topological polar surface area (TPSA) is 80.5 Å². The summed E-state index contributed by atoms with van der Waals surface area (Å²) >= 11 is 5.78. The molecule has 0 aromatic heterocycles. The normalized spacial score (nSPS) is 13.6. The fraction of sp³-hybridized carbons (Fsp3) is 0.417. The minimum Gasteiger partial charge on any atom is -0.338 e. The van der Waals surface area contributed by atoms with Gasteiger partial charge in [0.25, 0.3) is 11.6 Å². The highest BCUT2D eigenvalue weighted by Gasteiger charge is 2.21. The smallest absolute Gasteiger partial charge is 0.287 e. The third kappa shape index (κ3) is 4.01. The number of halogens is 1. The molecule has 0 spiro atoms.